The molecule has 0 saturated heterocycles. The maximum absolute atomic E-state index is 12.5. The second-order valence-electron chi connectivity index (χ2n) is 10.3. The van der Waals surface area contributed by atoms with Crippen molar-refractivity contribution in [2.75, 3.05) is 54.1 Å². The number of benzene rings is 1. The number of hydrogen-bond acceptors (Lipinski definition) is 5. The predicted octanol–water partition coefficient (Wildman–Crippen LogP) is 3.36. The molecule has 2 bridgehead atoms. The van der Waals surface area contributed by atoms with E-state index in [1.807, 2.05) is 6.92 Å². The Morgan fingerprint density at radius 2 is 1.88 bits per heavy atom. The van der Waals surface area contributed by atoms with Gasteiger partial charge in [-0.15, -0.1) is 0 Å². The monoisotopic (exact) mass is 458 g/mol. The molecule has 33 heavy (non-hydrogen) atoms. The quantitative estimate of drug-likeness (QED) is 0.444. The van der Waals surface area contributed by atoms with Gasteiger partial charge in [-0.1, -0.05) is 36.4 Å². The summed E-state index contributed by atoms with van der Waals surface area (Å²) < 4.78 is 10.4. The Labute approximate surface area is 199 Å². The second-order valence-corrected chi connectivity index (χ2v) is 10.3. The largest absolute Gasteiger partial charge is 0.389 e. The molecule has 6 heteroatoms. The van der Waals surface area contributed by atoms with Crippen LogP contribution in [0, 0.1) is 17.3 Å². The number of aliphatic hydroxyl groups is 1. The van der Waals surface area contributed by atoms with E-state index < -0.39 is 11.0 Å². The lowest BCUT2D eigenvalue weighted by molar-refractivity contribution is -0.136. The molecule has 1 aromatic rings. The number of ether oxygens (including phenoxy) is 2. The highest BCUT2D eigenvalue weighted by Gasteiger charge is 2.46. The normalized spacial score (nSPS) is 24.7. The highest BCUT2D eigenvalue weighted by molar-refractivity contribution is 5.82. The summed E-state index contributed by atoms with van der Waals surface area (Å²) in [7, 11) is 5.29. The SMILES string of the molecule is COCC(C)(COC)C(=O)NCCCN(C)CCC1(O)C[C@H]2CCC1C=C2c1ccccc1. The molecule has 1 saturated carbocycles. The molecule has 0 aromatic heterocycles. The Hall–Kier alpha value is -1.73. The van der Waals surface area contributed by atoms with Crippen LogP contribution in [0.4, 0.5) is 0 Å². The van der Waals surface area contributed by atoms with Gasteiger partial charge in [-0.05, 0) is 69.7 Å². The summed E-state index contributed by atoms with van der Waals surface area (Å²) in [4.78, 5) is 14.8. The first-order valence-electron chi connectivity index (χ1n) is 12.3. The van der Waals surface area contributed by atoms with Crippen LogP contribution in [0.25, 0.3) is 5.57 Å². The molecule has 184 valence electrons. The van der Waals surface area contributed by atoms with Crippen molar-refractivity contribution in [1.29, 1.82) is 0 Å². The molecule has 3 aliphatic carbocycles. The minimum absolute atomic E-state index is 0.0394. The van der Waals surface area contributed by atoms with E-state index in [1.165, 1.54) is 17.6 Å². The van der Waals surface area contributed by atoms with E-state index in [-0.39, 0.29) is 11.8 Å². The topological polar surface area (TPSA) is 71.0 Å². The number of allylic oxidation sites excluding steroid dienone is 1. The van der Waals surface area contributed by atoms with E-state index >= 15 is 0 Å². The molecular weight excluding hydrogens is 416 g/mol. The predicted molar refractivity (Wildman–Crippen MR) is 132 cm³/mol. The van der Waals surface area contributed by atoms with Crippen molar-refractivity contribution in [2.45, 2.75) is 44.6 Å². The number of fused-ring (bicyclic) bond motifs is 2. The number of rotatable bonds is 13. The maximum atomic E-state index is 12.5. The molecule has 0 spiro atoms. The van der Waals surface area contributed by atoms with Gasteiger partial charge in [0.15, 0.2) is 0 Å². The van der Waals surface area contributed by atoms with Gasteiger partial charge >= 0.3 is 0 Å². The number of nitrogens with zero attached hydrogens (tertiary/aromatic N) is 1. The van der Waals surface area contributed by atoms with Gasteiger partial charge in [0, 0.05) is 33.2 Å². The summed E-state index contributed by atoms with van der Waals surface area (Å²) in [6.45, 7) is 4.86. The van der Waals surface area contributed by atoms with Crippen LogP contribution in [0.1, 0.15) is 44.6 Å². The fourth-order valence-corrected chi connectivity index (χ4v) is 5.51. The zero-order valence-electron chi connectivity index (χ0n) is 20.8. The van der Waals surface area contributed by atoms with Crippen molar-refractivity contribution in [1.82, 2.24) is 10.2 Å². The van der Waals surface area contributed by atoms with Crippen LogP contribution in [-0.2, 0) is 14.3 Å². The van der Waals surface area contributed by atoms with Crippen molar-refractivity contribution in [3.05, 3.63) is 42.0 Å². The van der Waals surface area contributed by atoms with E-state index in [4.69, 9.17) is 9.47 Å². The zero-order valence-corrected chi connectivity index (χ0v) is 20.8. The zero-order chi connectivity index (χ0) is 23.9. The van der Waals surface area contributed by atoms with Crippen LogP contribution in [0.15, 0.2) is 36.4 Å². The third-order valence-electron chi connectivity index (χ3n) is 7.45. The van der Waals surface area contributed by atoms with Crippen LogP contribution >= 0.6 is 0 Å². The first kappa shape index (κ1) is 25.9. The number of methoxy groups -OCH3 is 2. The van der Waals surface area contributed by atoms with E-state index in [0.717, 1.165) is 38.8 Å². The van der Waals surface area contributed by atoms with Crippen molar-refractivity contribution in [3.63, 3.8) is 0 Å². The maximum Gasteiger partial charge on any atom is 0.230 e. The molecule has 4 rings (SSSR count). The highest BCUT2D eigenvalue weighted by atomic mass is 16.5. The van der Waals surface area contributed by atoms with E-state index in [1.54, 1.807) is 14.2 Å². The molecule has 0 heterocycles. The second kappa shape index (κ2) is 11.6. The van der Waals surface area contributed by atoms with Crippen LogP contribution in [0.3, 0.4) is 0 Å². The summed E-state index contributed by atoms with van der Waals surface area (Å²) >= 11 is 0. The summed E-state index contributed by atoms with van der Waals surface area (Å²) in [6, 6.07) is 10.6. The summed E-state index contributed by atoms with van der Waals surface area (Å²) in [6.07, 6.45) is 7.11. The molecule has 0 radical (unpaired) electrons. The summed E-state index contributed by atoms with van der Waals surface area (Å²) in [5.74, 6) is 0.656. The van der Waals surface area contributed by atoms with Gasteiger partial charge in [0.25, 0.3) is 0 Å². The lowest BCUT2D eigenvalue weighted by atomic mass is 9.61. The molecule has 1 amide bonds. The Bertz CT molecular complexity index is 791. The average Bonchev–Trinajstić information content (AvgIpc) is 2.81. The highest BCUT2D eigenvalue weighted by Crippen LogP contribution is 2.51. The molecule has 3 atom stereocenters. The Morgan fingerprint density at radius 3 is 2.48 bits per heavy atom. The molecule has 1 fully saturated rings. The third-order valence-corrected chi connectivity index (χ3v) is 7.45. The van der Waals surface area contributed by atoms with E-state index in [2.05, 4.69) is 53.7 Å². The molecule has 6 nitrogen and oxygen atoms in total. The van der Waals surface area contributed by atoms with E-state index in [9.17, 15) is 9.90 Å². The molecule has 3 aliphatic rings. The first-order valence-corrected chi connectivity index (χ1v) is 12.3. The van der Waals surface area contributed by atoms with Crippen molar-refractivity contribution < 1.29 is 19.4 Å². The molecular formula is C27H42N2O4. The lowest BCUT2D eigenvalue weighted by Gasteiger charge is -2.48. The summed E-state index contributed by atoms with van der Waals surface area (Å²) in [5, 5.41) is 14.5. The summed E-state index contributed by atoms with van der Waals surface area (Å²) in [5.41, 5.74) is 1.45. The van der Waals surface area contributed by atoms with Crippen LogP contribution in [0.2, 0.25) is 0 Å². The number of nitrogens with one attached hydrogen (secondary N) is 1. The minimum Gasteiger partial charge on any atom is -0.389 e. The van der Waals surface area contributed by atoms with Gasteiger partial charge in [0.05, 0.1) is 24.2 Å². The number of carbonyl (C=O) groups excluding carboxylic acids is 1. The van der Waals surface area contributed by atoms with Gasteiger partial charge in [-0.2, -0.15) is 0 Å². The minimum atomic E-state index is -0.676. The Balaban J connectivity index is 1.43. The Morgan fingerprint density at radius 1 is 1.18 bits per heavy atom. The third kappa shape index (κ3) is 6.44. The Kier molecular flexibility index (Phi) is 9.10. The van der Waals surface area contributed by atoms with Crippen LogP contribution in [-0.4, -0.2) is 75.6 Å². The standard InChI is InChI=1S/C27H42N2O4/c1-26(19-32-3,20-33-4)25(30)28-14-8-15-29(2)16-13-27(31)18-22-11-12-23(27)17-24(22)21-9-6-5-7-10-21/h5-7,9-10,17,22-23,31H,8,11-16,18-20H2,1-4H3,(H,28,30)/t22-,23?,27?/m1/s1. The lowest BCUT2D eigenvalue weighted by Crippen LogP contribution is -2.48. The number of hydrogen-bond donors (Lipinski definition) is 2. The van der Waals surface area contributed by atoms with Crippen LogP contribution < -0.4 is 5.32 Å². The smallest absolute Gasteiger partial charge is 0.230 e. The molecule has 2 N–H and O–H groups in total. The van der Waals surface area contributed by atoms with Crippen molar-refractivity contribution in [2.24, 2.45) is 17.3 Å². The first-order chi connectivity index (χ1) is 15.8. The average molecular weight is 459 g/mol. The van der Waals surface area contributed by atoms with Gasteiger partial charge in [-0.25, -0.2) is 0 Å². The van der Waals surface area contributed by atoms with Crippen molar-refractivity contribution in [3.8, 4) is 0 Å². The fraction of sp³-hybridized carbons (Fsp3) is 0.667. The van der Waals surface area contributed by atoms with E-state index in [0.29, 0.717) is 25.7 Å². The van der Waals surface area contributed by atoms with Crippen molar-refractivity contribution >= 4 is 11.5 Å². The van der Waals surface area contributed by atoms with Gasteiger partial charge in [0.1, 0.15) is 0 Å². The number of carbonyl (C=O) groups is 1. The van der Waals surface area contributed by atoms with Crippen LogP contribution in [0.5, 0.6) is 0 Å². The molecule has 1 aromatic carbocycles. The number of amides is 1. The van der Waals surface area contributed by atoms with Gasteiger partial charge in [0.2, 0.25) is 5.91 Å². The molecule has 0 aliphatic heterocycles. The fourth-order valence-electron chi connectivity index (χ4n) is 5.51. The molecule has 2 unspecified atom stereocenters. The van der Waals surface area contributed by atoms with Gasteiger partial charge in [-0.3, -0.25) is 4.79 Å². The van der Waals surface area contributed by atoms with Gasteiger partial charge < -0.3 is 24.8 Å².